The molecule has 1 aromatic carbocycles. The van der Waals surface area contributed by atoms with Crippen LogP contribution < -0.4 is 10.6 Å². The molecule has 6 heteroatoms. The lowest BCUT2D eigenvalue weighted by molar-refractivity contribution is -0.131. The Morgan fingerprint density at radius 3 is 2.71 bits per heavy atom. The summed E-state index contributed by atoms with van der Waals surface area (Å²) in [4.78, 5) is 21.5. The quantitative estimate of drug-likeness (QED) is 0.725. The maximum atomic E-state index is 11.3. The lowest BCUT2D eigenvalue weighted by atomic mass is 10.2. The molecule has 5 nitrogen and oxygen atoms in total. The number of hydrogen-bond donors (Lipinski definition) is 3. The Morgan fingerprint density at radius 1 is 1.41 bits per heavy atom. The van der Waals surface area contributed by atoms with Gasteiger partial charge in [0.1, 0.15) is 0 Å². The van der Waals surface area contributed by atoms with Gasteiger partial charge in [-0.3, -0.25) is 0 Å². The number of halogens is 1. The summed E-state index contributed by atoms with van der Waals surface area (Å²) in [7, 11) is 0. The number of carboxylic acid groups (broad SMARTS) is 1. The highest BCUT2D eigenvalue weighted by molar-refractivity contribution is 6.30. The Morgan fingerprint density at radius 2 is 2.12 bits per heavy atom. The molecule has 0 aliphatic heterocycles. The zero-order valence-corrected chi connectivity index (χ0v) is 9.78. The molecule has 0 aliphatic carbocycles. The molecule has 17 heavy (non-hydrogen) atoms. The second-order valence-electron chi connectivity index (χ2n) is 3.23. The lowest BCUT2D eigenvalue weighted by Gasteiger charge is -2.07. The lowest BCUT2D eigenvalue weighted by Crippen LogP contribution is -2.24. The SMILES string of the molecule is Cc1cc(Cl)ccc1NC(=O)N/C=C/C(=O)O. The number of nitrogens with one attached hydrogen (secondary N) is 2. The van der Waals surface area contributed by atoms with Crippen LogP contribution in [0.4, 0.5) is 10.5 Å². The van der Waals surface area contributed by atoms with Crippen LogP contribution in [-0.4, -0.2) is 17.1 Å². The first-order chi connectivity index (χ1) is 7.99. The number of amides is 2. The van der Waals surface area contributed by atoms with Crippen molar-refractivity contribution in [3.8, 4) is 0 Å². The summed E-state index contributed by atoms with van der Waals surface area (Å²) in [6, 6.07) is 4.51. The Kier molecular flexibility index (Phi) is 4.54. The maximum Gasteiger partial charge on any atom is 0.329 e. The zero-order valence-electron chi connectivity index (χ0n) is 9.03. The molecule has 0 radical (unpaired) electrons. The van der Waals surface area contributed by atoms with E-state index in [-0.39, 0.29) is 0 Å². The molecule has 2 amide bonds. The molecular formula is C11H11ClN2O3. The number of carbonyl (C=O) groups is 2. The molecule has 0 aliphatic rings. The minimum Gasteiger partial charge on any atom is -0.478 e. The van der Waals surface area contributed by atoms with E-state index in [9.17, 15) is 9.59 Å². The highest BCUT2D eigenvalue weighted by Gasteiger charge is 2.03. The molecule has 0 heterocycles. The number of aliphatic carboxylic acids is 1. The van der Waals surface area contributed by atoms with Gasteiger partial charge in [0, 0.05) is 23.0 Å². The van der Waals surface area contributed by atoms with Crippen LogP contribution in [0.1, 0.15) is 5.56 Å². The maximum absolute atomic E-state index is 11.3. The number of carbonyl (C=O) groups excluding carboxylic acids is 1. The molecule has 0 saturated carbocycles. The third-order valence-electron chi connectivity index (χ3n) is 1.88. The van der Waals surface area contributed by atoms with Crippen molar-refractivity contribution in [2.75, 3.05) is 5.32 Å². The normalized spacial score (nSPS) is 10.2. The van der Waals surface area contributed by atoms with Crippen molar-refractivity contribution < 1.29 is 14.7 Å². The Bertz CT molecular complexity index is 472. The summed E-state index contributed by atoms with van der Waals surface area (Å²) < 4.78 is 0. The minimum absolute atomic E-state index is 0.520. The highest BCUT2D eigenvalue weighted by Crippen LogP contribution is 2.19. The van der Waals surface area contributed by atoms with Gasteiger partial charge in [0.2, 0.25) is 0 Å². The van der Waals surface area contributed by atoms with Gasteiger partial charge in [-0.05, 0) is 30.7 Å². The molecule has 0 atom stereocenters. The van der Waals surface area contributed by atoms with E-state index in [0.29, 0.717) is 10.7 Å². The zero-order chi connectivity index (χ0) is 12.8. The molecule has 0 saturated heterocycles. The second kappa shape index (κ2) is 5.91. The van der Waals surface area contributed by atoms with Crippen molar-refractivity contribution in [1.29, 1.82) is 0 Å². The molecule has 1 aromatic rings. The summed E-state index contributed by atoms with van der Waals surface area (Å²) in [5, 5.41) is 13.7. The van der Waals surface area contributed by atoms with E-state index in [1.807, 2.05) is 0 Å². The molecule has 0 unspecified atom stereocenters. The van der Waals surface area contributed by atoms with Crippen LogP contribution in [0.15, 0.2) is 30.5 Å². The summed E-state index contributed by atoms with van der Waals surface area (Å²) in [6.07, 6.45) is 1.87. The standard InChI is InChI=1S/C11H11ClN2O3/c1-7-6-8(12)2-3-9(7)14-11(17)13-5-4-10(15)16/h2-6H,1H3,(H,15,16)(H2,13,14,17)/b5-4+. The Hall–Kier alpha value is -2.01. The Balaban J connectivity index is 2.59. The van der Waals surface area contributed by atoms with Crippen molar-refractivity contribution in [3.63, 3.8) is 0 Å². The van der Waals surface area contributed by atoms with E-state index >= 15 is 0 Å². The second-order valence-corrected chi connectivity index (χ2v) is 3.67. The van der Waals surface area contributed by atoms with Gasteiger partial charge >= 0.3 is 12.0 Å². The van der Waals surface area contributed by atoms with Crippen LogP contribution in [0.2, 0.25) is 5.02 Å². The van der Waals surface area contributed by atoms with Crippen molar-refractivity contribution in [1.82, 2.24) is 5.32 Å². The third-order valence-corrected chi connectivity index (χ3v) is 2.11. The van der Waals surface area contributed by atoms with Gasteiger partial charge < -0.3 is 15.7 Å². The van der Waals surface area contributed by atoms with E-state index in [1.165, 1.54) is 0 Å². The van der Waals surface area contributed by atoms with E-state index in [4.69, 9.17) is 16.7 Å². The van der Waals surface area contributed by atoms with Crippen molar-refractivity contribution in [3.05, 3.63) is 41.1 Å². The number of hydrogen-bond acceptors (Lipinski definition) is 2. The van der Waals surface area contributed by atoms with Crippen LogP contribution in [0.5, 0.6) is 0 Å². The Labute approximate surface area is 103 Å². The van der Waals surface area contributed by atoms with Crippen LogP contribution in [0, 0.1) is 6.92 Å². The fraction of sp³-hybridized carbons (Fsp3) is 0.0909. The summed E-state index contributed by atoms with van der Waals surface area (Å²) in [5.41, 5.74) is 1.42. The summed E-state index contributed by atoms with van der Waals surface area (Å²) in [5.74, 6) is -1.13. The molecule has 0 aromatic heterocycles. The average Bonchev–Trinajstić information content (AvgIpc) is 2.21. The molecule has 0 fully saturated rings. The number of carboxylic acids is 1. The fourth-order valence-corrected chi connectivity index (χ4v) is 1.34. The van der Waals surface area contributed by atoms with Gasteiger partial charge in [-0.25, -0.2) is 9.59 Å². The smallest absolute Gasteiger partial charge is 0.329 e. The predicted octanol–water partition coefficient (Wildman–Crippen LogP) is 2.37. The fourth-order valence-electron chi connectivity index (χ4n) is 1.11. The monoisotopic (exact) mass is 254 g/mol. The first-order valence-corrected chi connectivity index (χ1v) is 5.10. The van der Waals surface area contributed by atoms with Crippen LogP contribution in [-0.2, 0) is 4.79 Å². The largest absolute Gasteiger partial charge is 0.478 e. The topological polar surface area (TPSA) is 78.4 Å². The number of urea groups is 1. The number of anilines is 1. The van der Waals surface area contributed by atoms with Crippen LogP contribution >= 0.6 is 11.6 Å². The predicted molar refractivity (Wildman–Crippen MR) is 65.1 cm³/mol. The average molecular weight is 255 g/mol. The van der Waals surface area contributed by atoms with E-state index < -0.39 is 12.0 Å². The van der Waals surface area contributed by atoms with E-state index in [1.54, 1.807) is 25.1 Å². The van der Waals surface area contributed by atoms with E-state index in [0.717, 1.165) is 17.8 Å². The van der Waals surface area contributed by atoms with Gasteiger partial charge in [-0.15, -0.1) is 0 Å². The van der Waals surface area contributed by atoms with Crippen molar-refractivity contribution in [2.45, 2.75) is 6.92 Å². The molecule has 3 N–H and O–H groups in total. The molecule has 0 bridgehead atoms. The summed E-state index contributed by atoms with van der Waals surface area (Å²) >= 11 is 5.77. The molecule has 1 rings (SSSR count). The van der Waals surface area contributed by atoms with Gasteiger partial charge in [0.25, 0.3) is 0 Å². The van der Waals surface area contributed by atoms with Gasteiger partial charge in [-0.1, -0.05) is 11.6 Å². The number of aryl methyl sites for hydroxylation is 1. The first kappa shape index (κ1) is 13.1. The van der Waals surface area contributed by atoms with E-state index in [2.05, 4.69) is 10.6 Å². The highest BCUT2D eigenvalue weighted by atomic mass is 35.5. The van der Waals surface area contributed by atoms with Crippen molar-refractivity contribution in [2.24, 2.45) is 0 Å². The minimum atomic E-state index is -1.13. The number of benzene rings is 1. The van der Waals surface area contributed by atoms with Crippen molar-refractivity contribution >= 4 is 29.3 Å². The third kappa shape index (κ3) is 4.56. The van der Waals surface area contributed by atoms with Gasteiger partial charge in [-0.2, -0.15) is 0 Å². The van der Waals surface area contributed by atoms with Crippen LogP contribution in [0.3, 0.4) is 0 Å². The first-order valence-electron chi connectivity index (χ1n) is 4.72. The molecule has 0 spiro atoms. The molecule has 90 valence electrons. The van der Waals surface area contributed by atoms with Gasteiger partial charge in [0.05, 0.1) is 0 Å². The summed E-state index contributed by atoms with van der Waals surface area (Å²) in [6.45, 7) is 1.80. The number of rotatable bonds is 3. The van der Waals surface area contributed by atoms with Gasteiger partial charge in [0.15, 0.2) is 0 Å². The van der Waals surface area contributed by atoms with Crippen LogP contribution in [0.25, 0.3) is 0 Å². The molecular weight excluding hydrogens is 244 g/mol.